The first kappa shape index (κ1) is 25.2. The van der Waals surface area contributed by atoms with Gasteiger partial charge in [-0.15, -0.1) is 0 Å². The van der Waals surface area contributed by atoms with Crippen LogP contribution in [0.5, 0.6) is 0 Å². The highest BCUT2D eigenvalue weighted by molar-refractivity contribution is 5.78. The maximum absolute atomic E-state index is 12.9. The number of aliphatic hydroxyl groups is 2. The first-order valence-corrected chi connectivity index (χ1v) is 7.78. The van der Waals surface area contributed by atoms with Gasteiger partial charge in [-0.2, -0.15) is 52.7 Å². The van der Waals surface area contributed by atoms with Gasteiger partial charge in [0.25, 0.3) is 11.2 Å². The van der Waals surface area contributed by atoms with Gasteiger partial charge in [-0.05, 0) is 12.1 Å². The second-order valence-corrected chi connectivity index (χ2v) is 6.47. The Morgan fingerprint density at radius 3 is 1.06 bits per heavy atom. The van der Waals surface area contributed by atoms with Gasteiger partial charge >= 0.3 is 24.7 Å². The summed E-state index contributed by atoms with van der Waals surface area (Å²) in [6, 6.07) is 3.57. The van der Waals surface area contributed by atoms with E-state index in [-0.39, 0.29) is 9.80 Å². The van der Waals surface area contributed by atoms with Crippen molar-refractivity contribution in [1.82, 2.24) is 0 Å². The van der Waals surface area contributed by atoms with Crippen LogP contribution in [-0.4, -0.2) is 59.2 Å². The summed E-state index contributed by atoms with van der Waals surface area (Å²) in [5.74, 6) is 0. The Morgan fingerprint density at radius 1 is 0.581 bits per heavy atom. The average molecular weight is 478 g/mol. The molecule has 2 N–H and O–H groups in total. The number of anilines is 2. The van der Waals surface area contributed by atoms with E-state index >= 15 is 0 Å². The molecular weight excluding hydrogens is 468 g/mol. The number of benzene rings is 1. The third kappa shape index (κ3) is 4.18. The van der Waals surface area contributed by atoms with Crippen molar-refractivity contribution in [3.8, 4) is 0 Å². The van der Waals surface area contributed by atoms with Gasteiger partial charge in [0.1, 0.15) is 0 Å². The minimum atomic E-state index is -6.31. The lowest BCUT2D eigenvalue weighted by Gasteiger charge is -2.37. The second-order valence-electron chi connectivity index (χ2n) is 6.47. The first-order valence-electron chi connectivity index (χ1n) is 7.78. The van der Waals surface area contributed by atoms with Crippen LogP contribution in [0.25, 0.3) is 0 Å². The molecule has 1 aliphatic heterocycles. The second kappa shape index (κ2) is 7.21. The van der Waals surface area contributed by atoms with Crippen LogP contribution in [-0.2, 0) is 0 Å². The molecule has 16 heteroatoms. The lowest BCUT2D eigenvalue weighted by molar-refractivity contribution is -0.363. The van der Waals surface area contributed by atoms with Gasteiger partial charge < -0.3 is 20.0 Å². The van der Waals surface area contributed by atoms with E-state index in [0.717, 1.165) is 24.3 Å². The van der Waals surface area contributed by atoms with Crippen molar-refractivity contribution in [2.75, 3.05) is 22.9 Å². The molecule has 1 aliphatic rings. The smallest absolute Gasteiger partial charge is 0.372 e. The average Bonchev–Trinajstić information content (AvgIpc) is 2.88. The summed E-state index contributed by atoms with van der Waals surface area (Å²) in [6.07, 6.45) is -25.2. The van der Waals surface area contributed by atoms with Gasteiger partial charge in [0.15, 0.2) is 0 Å². The number of fused-ring (bicyclic) bond motifs is 1. The van der Waals surface area contributed by atoms with Crippen molar-refractivity contribution in [2.45, 2.75) is 35.9 Å². The summed E-state index contributed by atoms with van der Waals surface area (Å²) >= 11 is 0. The van der Waals surface area contributed by atoms with E-state index in [1.165, 1.54) is 6.67 Å². The molecule has 0 saturated heterocycles. The molecule has 0 aliphatic carbocycles. The lowest BCUT2D eigenvalue weighted by Crippen LogP contribution is -2.64. The number of hydrogen-bond donors (Lipinski definition) is 2. The standard InChI is InChI=1S/C15H10F12N2O2/c16-12(17,18)10(30,13(19,20)21)5-28-7-29(9-4-2-1-3-8(9)28)6-11(31,14(22,23)24)15(25,26)27/h1-4,30-31H,5-6H2. The quantitative estimate of drug-likeness (QED) is 0.643. The van der Waals surface area contributed by atoms with Crippen LogP contribution >= 0.6 is 0 Å². The molecule has 0 atom stereocenters. The van der Waals surface area contributed by atoms with E-state index < -0.39 is 60.4 Å². The van der Waals surface area contributed by atoms with E-state index in [0.29, 0.717) is 0 Å². The zero-order chi connectivity index (χ0) is 24.3. The van der Waals surface area contributed by atoms with Crippen LogP contribution in [0.2, 0.25) is 0 Å². The normalized spacial score (nSPS) is 16.7. The highest BCUT2D eigenvalue weighted by Crippen LogP contribution is 2.49. The summed E-state index contributed by atoms with van der Waals surface area (Å²) < 4.78 is 155. The molecule has 1 aromatic rings. The van der Waals surface area contributed by atoms with E-state index in [9.17, 15) is 62.9 Å². The molecule has 0 amide bonds. The minimum Gasteiger partial charge on any atom is -0.372 e. The number of β-amino-alcohol motifs (C(OH)–C–C–N with tert-alkyl or cyclic N) is 2. The number of para-hydroxylation sites is 2. The summed E-state index contributed by atoms with van der Waals surface area (Å²) in [7, 11) is 0. The molecule has 0 saturated carbocycles. The molecule has 31 heavy (non-hydrogen) atoms. The largest absolute Gasteiger partial charge is 0.428 e. The Morgan fingerprint density at radius 2 is 0.839 bits per heavy atom. The molecule has 0 bridgehead atoms. The Bertz CT molecular complexity index is 706. The highest BCUT2D eigenvalue weighted by atomic mass is 19.4. The summed E-state index contributed by atoms with van der Waals surface area (Å²) in [5, 5.41) is 18.6. The van der Waals surface area contributed by atoms with Crippen molar-refractivity contribution in [3.05, 3.63) is 30.9 Å². The van der Waals surface area contributed by atoms with Gasteiger partial charge in [0.2, 0.25) is 6.67 Å². The van der Waals surface area contributed by atoms with Crippen LogP contribution in [0.3, 0.4) is 0 Å². The number of hydrogen-bond acceptors (Lipinski definition) is 4. The molecule has 1 heterocycles. The van der Waals surface area contributed by atoms with Gasteiger partial charge in [-0.1, -0.05) is 12.1 Å². The zero-order valence-corrected chi connectivity index (χ0v) is 14.5. The third-order valence-corrected chi connectivity index (χ3v) is 4.35. The molecule has 176 valence electrons. The Hall–Kier alpha value is -2.10. The molecule has 0 aromatic heterocycles. The topological polar surface area (TPSA) is 46.9 Å². The van der Waals surface area contributed by atoms with Crippen molar-refractivity contribution in [3.63, 3.8) is 0 Å². The predicted octanol–water partition coefficient (Wildman–Crippen LogP) is 4.02. The summed E-state index contributed by atoms with van der Waals surface area (Å²) in [6.45, 7) is -3.27. The molecule has 2 radical (unpaired) electrons. The van der Waals surface area contributed by atoms with Crippen molar-refractivity contribution in [2.24, 2.45) is 0 Å². The fourth-order valence-corrected chi connectivity index (χ4v) is 2.55. The lowest BCUT2D eigenvalue weighted by atomic mass is 10.0. The van der Waals surface area contributed by atoms with Gasteiger partial charge in [0.05, 0.1) is 24.5 Å². The minimum absolute atomic E-state index is 0.135. The predicted molar refractivity (Wildman–Crippen MR) is 78.5 cm³/mol. The van der Waals surface area contributed by atoms with E-state index in [2.05, 4.69) is 0 Å². The fraction of sp³-hybridized carbons (Fsp3) is 0.533. The monoisotopic (exact) mass is 478 g/mol. The third-order valence-electron chi connectivity index (χ3n) is 4.35. The molecule has 2 rings (SSSR count). The van der Waals surface area contributed by atoms with Gasteiger partial charge in [-0.25, -0.2) is 0 Å². The highest BCUT2D eigenvalue weighted by Gasteiger charge is 2.73. The van der Waals surface area contributed by atoms with Crippen LogP contribution in [0.1, 0.15) is 0 Å². The first-order chi connectivity index (χ1) is 13.7. The van der Waals surface area contributed by atoms with Crippen LogP contribution in [0.15, 0.2) is 24.3 Å². The zero-order valence-electron chi connectivity index (χ0n) is 14.5. The summed E-state index contributed by atoms with van der Waals surface area (Å²) in [4.78, 5) is -0.271. The van der Waals surface area contributed by atoms with Crippen LogP contribution in [0, 0.1) is 6.67 Å². The Labute approximate surface area is 165 Å². The van der Waals surface area contributed by atoms with Crippen molar-refractivity contribution >= 4 is 11.4 Å². The maximum Gasteiger partial charge on any atom is 0.428 e. The number of rotatable bonds is 4. The fourth-order valence-electron chi connectivity index (χ4n) is 2.55. The van der Waals surface area contributed by atoms with Crippen molar-refractivity contribution in [1.29, 1.82) is 0 Å². The number of nitrogens with zero attached hydrogens (tertiary/aromatic N) is 2. The van der Waals surface area contributed by atoms with Crippen LogP contribution in [0.4, 0.5) is 64.1 Å². The SMILES string of the molecule is OC(CN1[C]N(CC(O)(C(F)(F)F)C(F)(F)F)c2ccccc21)(C(F)(F)F)C(F)(F)F. The van der Waals surface area contributed by atoms with Crippen LogP contribution < -0.4 is 9.80 Å². The Kier molecular flexibility index (Phi) is 5.86. The molecule has 4 nitrogen and oxygen atoms in total. The van der Waals surface area contributed by atoms with E-state index in [4.69, 9.17) is 0 Å². The number of halogens is 12. The van der Waals surface area contributed by atoms with Gasteiger partial charge in [-0.3, -0.25) is 0 Å². The molecule has 0 unspecified atom stereocenters. The maximum atomic E-state index is 12.9. The molecule has 0 spiro atoms. The van der Waals surface area contributed by atoms with E-state index in [1.54, 1.807) is 0 Å². The summed E-state index contributed by atoms with van der Waals surface area (Å²) in [5.41, 5.74) is -12.2. The molecule has 1 aromatic carbocycles. The molecular formula is C15H10F12N2O2. The van der Waals surface area contributed by atoms with E-state index in [1.807, 2.05) is 0 Å². The number of alkyl halides is 12. The Balaban J connectivity index is 2.48. The van der Waals surface area contributed by atoms with Gasteiger partial charge in [0, 0.05) is 0 Å². The molecule has 0 fully saturated rings. The van der Waals surface area contributed by atoms with Crippen molar-refractivity contribution < 1.29 is 62.9 Å².